The van der Waals surface area contributed by atoms with Crippen molar-refractivity contribution in [3.05, 3.63) is 87.6 Å². The van der Waals surface area contributed by atoms with Crippen LogP contribution < -0.4 is 20.1 Å². The Balaban J connectivity index is 1.22. The first-order chi connectivity index (χ1) is 20.8. The Morgan fingerprint density at radius 1 is 1.05 bits per heavy atom. The summed E-state index contributed by atoms with van der Waals surface area (Å²) >= 11 is 0. The lowest BCUT2D eigenvalue weighted by atomic mass is 9.98. The number of amides is 2. The maximum Gasteiger partial charge on any atom is 0.507 e. The number of benzene rings is 2. The Bertz CT molecular complexity index is 1880. The van der Waals surface area contributed by atoms with Gasteiger partial charge < -0.3 is 25.2 Å². The van der Waals surface area contributed by atoms with Crippen molar-refractivity contribution in [3.8, 4) is 11.5 Å². The number of aromatic carboxylic acids is 1. The number of carbonyl (C=O) groups is 3. The second-order valence-electron chi connectivity index (χ2n) is 10.1. The zero-order valence-corrected chi connectivity index (χ0v) is 22.5. The van der Waals surface area contributed by atoms with Crippen LogP contribution in [0.4, 0.5) is 22.0 Å². The van der Waals surface area contributed by atoms with Crippen molar-refractivity contribution in [2.24, 2.45) is 0 Å². The zero-order valence-electron chi connectivity index (χ0n) is 22.5. The largest absolute Gasteiger partial charge is 0.507 e. The highest BCUT2D eigenvalue weighted by molar-refractivity contribution is 5.98. The van der Waals surface area contributed by atoms with Crippen LogP contribution in [0.3, 0.4) is 0 Å². The van der Waals surface area contributed by atoms with Gasteiger partial charge in [0.2, 0.25) is 0 Å². The molecule has 1 aliphatic carbocycles. The van der Waals surface area contributed by atoms with Crippen molar-refractivity contribution in [2.75, 3.05) is 0 Å². The van der Waals surface area contributed by atoms with Gasteiger partial charge in [-0.05, 0) is 60.2 Å². The predicted octanol–water partition coefficient (Wildman–Crippen LogP) is 4.18. The number of nitrogens with one attached hydrogen (secondary N) is 2. The smallest absolute Gasteiger partial charge is 0.478 e. The van der Waals surface area contributed by atoms with Gasteiger partial charge in [0.25, 0.3) is 11.8 Å². The average molecular weight is 617 g/mol. The standard InChI is InChI=1S/C28H20F5N5O6/c1-12-14-5-6-18(16(14)4-3-15(12)26(41)42)37-25(40)20-9-19(36-23-17(29)11-35-38(20)23)24(39)34-10-13-2-7-21-22(8-13)44-28(32,33)27(30,31)43-21/h2-4,7-9,11,18H,5-6,10H2,1H3,(H,34,39)(H,37,40)(H,41,42)/t18-/m1/s1. The number of hydrogen-bond donors (Lipinski definition) is 3. The summed E-state index contributed by atoms with van der Waals surface area (Å²) in [6.07, 6.45) is -8.00. The molecule has 2 aromatic heterocycles. The number of fused-ring (bicyclic) bond motifs is 3. The third-order valence-corrected chi connectivity index (χ3v) is 7.40. The molecule has 1 aliphatic heterocycles. The Morgan fingerprint density at radius 2 is 1.77 bits per heavy atom. The van der Waals surface area contributed by atoms with E-state index in [1.165, 1.54) is 12.1 Å². The highest BCUT2D eigenvalue weighted by Crippen LogP contribution is 2.47. The molecule has 0 saturated heterocycles. The van der Waals surface area contributed by atoms with E-state index in [4.69, 9.17) is 0 Å². The number of carboxylic acid groups (broad SMARTS) is 1. The summed E-state index contributed by atoms with van der Waals surface area (Å²) in [4.78, 5) is 41.8. The Kier molecular flexibility index (Phi) is 6.66. The number of nitrogens with zero attached hydrogens (tertiary/aromatic N) is 3. The van der Waals surface area contributed by atoms with Crippen molar-refractivity contribution in [2.45, 2.75) is 44.6 Å². The molecule has 2 aromatic carbocycles. The minimum Gasteiger partial charge on any atom is -0.478 e. The number of halogens is 5. The number of hydrogen-bond acceptors (Lipinski definition) is 7. The highest BCUT2D eigenvalue weighted by atomic mass is 19.3. The Morgan fingerprint density at radius 3 is 2.50 bits per heavy atom. The van der Waals surface area contributed by atoms with Gasteiger partial charge in [0.1, 0.15) is 11.4 Å². The van der Waals surface area contributed by atoms with Gasteiger partial charge >= 0.3 is 18.2 Å². The topological polar surface area (TPSA) is 144 Å². The number of ether oxygens (including phenoxy) is 2. The van der Waals surface area contributed by atoms with Crippen LogP contribution in [0.5, 0.6) is 11.5 Å². The first-order valence-corrected chi connectivity index (χ1v) is 13.0. The molecule has 0 fully saturated rings. The molecule has 228 valence electrons. The number of aromatic nitrogens is 3. The third-order valence-electron chi connectivity index (χ3n) is 7.40. The average Bonchev–Trinajstić information content (AvgIpc) is 3.55. The second-order valence-corrected chi connectivity index (χ2v) is 10.1. The molecule has 3 heterocycles. The van der Waals surface area contributed by atoms with E-state index in [0.29, 0.717) is 18.4 Å². The first-order valence-electron chi connectivity index (χ1n) is 13.0. The minimum absolute atomic E-state index is 0.157. The summed E-state index contributed by atoms with van der Waals surface area (Å²) in [5.41, 5.74) is 1.43. The molecule has 2 amide bonds. The van der Waals surface area contributed by atoms with E-state index in [-0.39, 0.29) is 29.1 Å². The molecular weight excluding hydrogens is 597 g/mol. The van der Waals surface area contributed by atoms with Crippen LogP contribution in [0.25, 0.3) is 5.65 Å². The van der Waals surface area contributed by atoms with E-state index in [1.54, 1.807) is 13.0 Å². The van der Waals surface area contributed by atoms with Gasteiger partial charge in [0.15, 0.2) is 23.0 Å². The molecule has 0 bridgehead atoms. The van der Waals surface area contributed by atoms with Crippen molar-refractivity contribution in [1.82, 2.24) is 25.2 Å². The van der Waals surface area contributed by atoms with Crippen molar-refractivity contribution in [1.29, 1.82) is 0 Å². The third kappa shape index (κ3) is 4.81. The van der Waals surface area contributed by atoms with E-state index in [9.17, 15) is 41.4 Å². The van der Waals surface area contributed by atoms with E-state index < -0.39 is 59.0 Å². The van der Waals surface area contributed by atoms with Gasteiger partial charge in [0, 0.05) is 12.6 Å². The monoisotopic (exact) mass is 617 g/mol. The van der Waals surface area contributed by atoms with E-state index in [1.807, 2.05) is 0 Å². The summed E-state index contributed by atoms with van der Waals surface area (Å²) in [7, 11) is 0. The molecule has 0 unspecified atom stereocenters. The molecule has 16 heteroatoms. The van der Waals surface area contributed by atoms with Crippen molar-refractivity contribution >= 4 is 23.4 Å². The molecule has 11 nitrogen and oxygen atoms in total. The van der Waals surface area contributed by atoms with E-state index in [2.05, 4.69) is 30.2 Å². The fourth-order valence-corrected chi connectivity index (χ4v) is 5.20. The normalized spacial score (nSPS) is 17.6. The van der Waals surface area contributed by atoms with Crippen LogP contribution in [0.15, 0.2) is 42.6 Å². The lowest BCUT2D eigenvalue weighted by Gasteiger charge is -2.31. The summed E-state index contributed by atoms with van der Waals surface area (Å²) in [6.45, 7) is 1.37. The van der Waals surface area contributed by atoms with Gasteiger partial charge in [0.05, 0.1) is 17.8 Å². The maximum atomic E-state index is 14.5. The lowest BCUT2D eigenvalue weighted by molar-refractivity contribution is -0.391. The molecule has 1 atom stereocenters. The van der Waals surface area contributed by atoms with Crippen LogP contribution in [0, 0.1) is 12.7 Å². The molecule has 44 heavy (non-hydrogen) atoms. The number of carboxylic acids is 1. The summed E-state index contributed by atoms with van der Waals surface area (Å²) in [5.74, 6) is -4.87. The van der Waals surface area contributed by atoms with E-state index >= 15 is 0 Å². The summed E-state index contributed by atoms with van der Waals surface area (Å²) < 4.78 is 77.5. The van der Waals surface area contributed by atoms with Crippen LogP contribution >= 0.6 is 0 Å². The van der Waals surface area contributed by atoms with Gasteiger partial charge in [-0.2, -0.15) is 22.7 Å². The summed E-state index contributed by atoms with van der Waals surface area (Å²) in [6, 6.07) is 6.86. The molecule has 0 saturated carbocycles. The van der Waals surface area contributed by atoms with Crippen LogP contribution in [-0.2, 0) is 13.0 Å². The molecule has 0 radical (unpaired) electrons. The van der Waals surface area contributed by atoms with Crippen molar-refractivity contribution < 1.29 is 50.9 Å². The number of carbonyl (C=O) groups excluding carboxylic acids is 2. The predicted molar refractivity (Wildman–Crippen MR) is 138 cm³/mol. The first kappa shape index (κ1) is 28.8. The highest BCUT2D eigenvalue weighted by Gasteiger charge is 2.65. The minimum atomic E-state index is -4.92. The fourth-order valence-electron chi connectivity index (χ4n) is 5.20. The molecule has 3 N–H and O–H groups in total. The van der Waals surface area contributed by atoms with Crippen LogP contribution in [0.1, 0.15) is 66.1 Å². The fraction of sp³-hybridized carbons (Fsp3) is 0.250. The maximum absolute atomic E-state index is 14.5. The van der Waals surface area contributed by atoms with Crippen LogP contribution in [0.2, 0.25) is 0 Å². The molecule has 6 rings (SSSR count). The molecule has 2 aliphatic rings. The van der Waals surface area contributed by atoms with Gasteiger partial charge in [-0.3, -0.25) is 9.59 Å². The zero-order chi connectivity index (χ0) is 31.6. The molecule has 4 aromatic rings. The lowest BCUT2D eigenvalue weighted by Crippen LogP contribution is -2.52. The number of rotatable bonds is 6. The van der Waals surface area contributed by atoms with Gasteiger partial charge in [-0.1, -0.05) is 12.1 Å². The SMILES string of the molecule is Cc1c(C(=O)O)ccc2c1CC[C@H]2NC(=O)c1cc(C(=O)NCc2ccc3c(c2)OC(F)(F)C(F)(F)O3)nc2c(F)cnn12. The molecule has 0 spiro atoms. The van der Waals surface area contributed by atoms with Gasteiger partial charge in [-0.25, -0.2) is 18.7 Å². The Hall–Kier alpha value is -5.28. The number of alkyl halides is 4. The Labute approximate surface area is 243 Å². The van der Waals surface area contributed by atoms with Gasteiger partial charge in [-0.15, -0.1) is 0 Å². The summed E-state index contributed by atoms with van der Waals surface area (Å²) in [5, 5.41) is 18.5. The van der Waals surface area contributed by atoms with Crippen LogP contribution in [-0.4, -0.2) is 49.7 Å². The quantitative estimate of drug-likeness (QED) is 0.274. The van der Waals surface area contributed by atoms with E-state index in [0.717, 1.165) is 40.0 Å². The van der Waals surface area contributed by atoms with Crippen molar-refractivity contribution in [3.63, 3.8) is 0 Å². The molecular formula is C28H20F5N5O6. The second kappa shape index (κ2) is 10.2.